The summed E-state index contributed by atoms with van der Waals surface area (Å²) >= 11 is 0. The quantitative estimate of drug-likeness (QED) is 0.0871. The van der Waals surface area contributed by atoms with Crippen LogP contribution in [0.4, 0.5) is 0 Å². The molecule has 47 heavy (non-hydrogen) atoms. The smallest absolute Gasteiger partial charge is 0.305 e. The molecule has 2 aliphatic heterocycles. The van der Waals surface area contributed by atoms with Gasteiger partial charge in [0.15, 0.2) is 18.7 Å². The van der Waals surface area contributed by atoms with Gasteiger partial charge in [-0.2, -0.15) is 5.26 Å². The van der Waals surface area contributed by atoms with Crippen LogP contribution < -0.4 is 0 Å². The van der Waals surface area contributed by atoms with Crippen molar-refractivity contribution in [3.63, 3.8) is 0 Å². The third-order valence-electron chi connectivity index (χ3n) is 8.64. The zero-order valence-corrected chi connectivity index (χ0v) is 27.2. The topological polar surface area (TPSA) is 208 Å². The Morgan fingerprint density at radius 3 is 1.81 bits per heavy atom. The van der Waals surface area contributed by atoms with Gasteiger partial charge >= 0.3 is 5.97 Å². The summed E-state index contributed by atoms with van der Waals surface area (Å²) in [5.74, 6) is -0.474. The van der Waals surface area contributed by atoms with Crippen molar-refractivity contribution >= 4 is 5.97 Å². The molecule has 0 aliphatic carbocycles. The third kappa shape index (κ3) is 12.3. The summed E-state index contributed by atoms with van der Waals surface area (Å²) in [7, 11) is 0. The number of carbonyl (C=O) groups excluding carboxylic acids is 1. The number of esters is 1. The van der Waals surface area contributed by atoms with Crippen molar-refractivity contribution in [1.29, 1.82) is 5.26 Å². The molecular formula is C34H53NO12. The second kappa shape index (κ2) is 21.0. The van der Waals surface area contributed by atoms with Gasteiger partial charge in [-0.1, -0.05) is 101 Å². The first-order valence-electron chi connectivity index (χ1n) is 16.9. The summed E-state index contributed by atoms with van der Waals surface area (Å²) in [6.07, 6.45) is -3.96. The molecule has 0 radical (unpaired) electrons. The number of nitrogens with zero attached hydrogens (tertiary/aromatic N) is 1. The van der Waals surface area contributed by atoms with Crippen molar-refractivity contribution in [3.8, 4) is 6.07 Å². The second-order valence-electron chi connectivity index (χ2n) is 12.4. The van der Waals surface area contributed by atoms with Crippen LogP contribution in [0, 0.1) is 11.3 Å². The molecule has 13 nitrogen and oxygen atoms in total. The summed E-state index contributed by atoms with van der Waals surface area (Å²) in [5.41, 5.74) is 0.482. The highest BCUT2D eigenvalue weighted by Gasteiger charge is 2.48. The molecule has 0 aromatic heterocycles. The number of hydrogen-bond acceptors (Lipinski definition) is 13. The fourth-order valence-corrected chi connectivity index (χ4v) is 5.67. The van der Waals surface area contributed by atoms with E-state index in [1.165, 1.54) is 44.9 Å². The molecule has 0 saturated carbocycles. The lowest BCUT2D eigenvalue weighted by Gasteiger charge is -2.43. The summed E-state index contributed by atoms with van der Waals surface area (Å²) in [5, 5.41) is 72.3. The Labute approximate surface area is 277 Å². The fraction of sp³-hybridized carbons (Fsp3) is 0.765. The number of benzene rings is 1. The minimum absolute atomic E-state index is 0.205. The molecule has 1 aromatic carbocycles. The molecule has 2 heterocycles. The molecule has 11 atom stereocenters. The molecule has 0 bridgehead atoms. The Hall–Kier alpha value is -2.22. The average Bonchev–Trinajstić information content (AvgIpc) is 3.08. The Morgan fingerprint density at radius 1 is 0.723 bits per heavy atom. The highest BCUT2D eigenvalue weighted by molar-refractivity contribution is 5.69. The number of nitriles is 1. The van der Waals surface area contributed by atoms with E-state index in [1.807, 2.05) is 6.07 Å². The lowest BCUT2D eigenvalue weighted by Crippen LogP contribution is -2.62. The molecular weight excluding hydrogens is 614 g/mol. The largest absolute Gasteiger partial charge is 0.463 e. The van der Waals surface area contributed by atoms with Crippen molar-refractivity contribution in [2.24, 2.45) is 0 Å². The van der Waals surface area contributed by atoms with E-state index < -0.39 is 80.1 Å². The number of unbranched alkanes of at least 4 members (excludes halogenated alkanes) is 10. The fourth-order valence-electron chi connectivity index (χ4n) is 5.67. The molecule has 2 saturated heterocycles. The van der Waals surface area contributed by atoms with E-state index in [0.29, 0.717) is 12.0 Å². The maximum atomic E-state index is 12.3. The molecule has 6 N–H and O–H groups in total. The number of carbonyl (C=O) groups is 1. The first kappa shape index (κ1) is 39.2. The van der Waals surface area contributed by atoms with Crippen LogP contribution >= 0.6 is 0 Å². The minimum atomic E-state index is -1.73. The Bertz CT molecular complexity index is 1060. The molecule has 0 spiro atoms. The monoisotopic (exact) mass is 667 g/mol. The molecule has 0 unspecified atom stereocenters. The van der Waals surface area contributed by atoms with Gasteiger partial charge in [-0.3, -0.25) is 4.79 Å². The van der Waals surface area contributed by atoms with E-state index >= 15 is 0 Å². The summed E-state index contributed by atoms with van der Waals surface area (Å²) in [4.78, 5) is 12.3. The highest BCUT2D eigenvalue weighted by Crippen LogP contribution is 2.29. The molecule has 13 heteroatoms. The van der Waals surface area contributed by atoms with E-state index in [4.69, 9.17) is 23.7 Å². The lowest BCUT2D eigenvalue weighted by atomic mass is 9.98. The van der Waals surface area contributed by atoms with Crippen molar-refractivity contribution < 1.29 is 59.1 Å². The molecule has 0 amide bonds. The van der Waals surface area contributed by atoms with Gasteiger partial charge < -0.3 is 54.3 Å². The van der Waals surface area contributed by atoms with Gasteiger partial charge in [-0.15, -0.1) is 0 Å². The van der Waals surface area contributed by atoms with Gasteiger partial charge in [0.1, 0.15) is 55.4 Å². The molecule has 2 fully saturated rings. The maximum absolute atomic E-state index is 12.3. The summed E-state index contributed by atoms with van der Waals surface area (Å²) < 4.78 is 27.7. The highest BCUT2D eigenvalue weighted by atomic mass is 16.7. The number of ether oxygens (including phenoxy) is 5. The zero-order valence-electron chi connectivity index (χ0n) is 27.2. The van der Waals surface area contributed by atoms with Crippen molar-refractivity contribution in [3.05, 3.63) is 35.9 Å². The standard InChI is InChI=1S/C34H53NO12/c1-2-3-4-5-6-7-8-9-10-11-15-18-26(36)43-20-24-27(37)29(39)31(41)33(46-24)44-21-25-28(38)30(40)32(42)34(47-25)45-23(19-35)22-16-13-12-14-17-22/h12-14,16-17,23-25,27-34,37-42H,2-11,15,18,20-21H2,1H3/t23-,24-,25-,27-,28-,29+,30+,31-,32-,33-,34-/m1/s1. The predicted molar refractivity (Wildman–Crippen MR) is 167 cm³/mol. The third-order valence-corrected chi connectivity index (χ3v) is 8.64. The maximum Gasteiger partial charge on any atom is 0.305 e. The Balaban J connectivity index is 1.42. The SMILES string of the molecule is CCCCCCCCCCCCCC(=O)OC[C@H]1O[C@@H](OC[C@H]2O[C@@H](O[C@H](C#N)c3ccccc3)[C@H](O)[C@@H](O)[C@@H]2O)[C@H](O)[C@@H](O)[C@@H]1O. The minimum Gasteiger partial charge on any atom is -0.463 e. The van der Waals surface area contributed by atoms with Crippen LogP contribution in [0.5, 0.6) is 0 Å². The normalized spacial score (nSPS) is 31.6. The van der Waals surface area contributed by atoms with Crippen LogP contribution in [-0.4, -0.2) is 111 Å². The average molecular weight is 668 g/mol. The van der Waals surface area contributed by atoms with E-state index in [0.717, 1.165) is 19.3 Å². The number of hydrogen-bond donors (Lipinski definition) is 6. The van der Waals surface area contributed by atoms with Crippen molar-refractivity contribution in [2.45, 2.75) is 151 Å². The number of aliphatic hydroxyl groups excluding tert-OH is 6. The van der Waals surface area contributed by atoms with Crippen LogP contribution in [-0.2, 0) is 28.5 Å². The van der Waals surface area contributed by atoms with E-state index in [1.54, 1.807) is 30.3 Å². The van der Waals surface area contributed by atoms with Gasteiger partial charge in [0.25, 0.3) is 0 Å². The van der Waals surface area contributed by atoms with E-state index in [-0.39, 0.29) is 13.0 Å². The van der Waals surface area contributed by atoms with Crippen LogP contribution in [0.2, 0.25) is 0 Å². The molecule has 3 rings (SSSR count). The zero-order chi connectivity index (χ0) is 34.2. The molecule has 2 aliphatic rings. The van der Waals surface area contributed by atoms with Crippen LogP contribution in [0.15, 0.2) is 30.3 Å². The van der Waals surface area contributed by atoms with Crippen LogP contribution in [0.1, 0.15) is 95.6 Å². The predicted octanol–water partition coefficient (Wildman–Crippen LogP) is 2.14. The van der Waals surface area contributed by atoms with E-state index in [9.17, 15) is 40.7 Å². The summed E-state index contributed by atoms with van der Waals surface area (Å²) in [6.45, 7) is 1.31. The van der Waals surface area contributed by atoms with Crippen LogP contribution in [0.25, 0.3) is 0 Å². The second-order valence-corrected chi connectivity index (χ2v) is 12.4. The molecule has 1 aromatic rings. The Morgan fingerprint density at radius 2 is 1.23 bits per heavy atom. The van der Waals surface area contributed by atoms with Crippen molar-refractivity contribution in [1.82, 2.24) is 0 Å². The Kier molecular flexibility index (Phi) is 17.5. The van der Waals surface area contributed by atoms with Gasteiger partial charge in [-0.05, 0) is 12.0 Å². The summed E-state index contributed by atoms with van der Waals surface area (Å²) in [6, 6.07) is 10.4. The molecule has 266 valence electrons. The van der Waals surface area contributed by atoms with Crippen molar-refractivity contribution in [2.75, 3.05) is 13.2 Å². The van der Waals surface area contributed by atoms with Gasteiger partial charge in [0, 0.05) is 6.42 Å². The van der Waals surface area contributed by atoms with Crippen LogP contribution in [0.3, 0.4) is 0 Å². The van der Waals surface area contributed by atoms with Gasteiger partial charge in [-0.25, -0.2) is 0 Å². The first-order chi connectivity index (χ1) is 22.7. The lowest BCUT2D eigenvalue weighted by molar-refractivity contribution is -0.334. The van der Waals surface area contributed by atoms with Gasteiger partial charge in [0.2, 0.25) is 0 Å². The number of rotatable bonds is 20. The first-order valence-corrected chi connectivity index (χ1v) is 16.9. The van der Waals surface area contributed by atoms with E-state index in [2.05, 4.69) is 6.92 Å². The number of aliphatic hydroxyl groups is 6. The van der Waals surface area contributed by atoms with Gasteiger partial charge in [0.05, 0.1) is 12.7 Å².